The molecule has 0 aliphatic rings. The Bertz CT molecular complexity index is 1100. The first-order valence-electron chi connectivity index (χ1n) is 9.80. The second-order valence-corrected chi connectivity index (χ2v) is 9.23. The number of rotatable bonds is 9. The number of unbranched alkanes of at least 4 members (excludes halogenated alkanes) is 1. The zero-order valence-electron chi connectivity index (χ0n) is 17.3. The fourth-order valence-corrected chi connectivity index (χ4v) is 4.92. The van der Waals surface area contributed by atoms with Gasteiger partial charge in [0.15, 0.2) is 5.82 Å². The van der Waals surface area contributed by atoms with E-state index in [-0.39, 0.29) is 4.90 Å². The van der Waals surface area contributed by atoms with E-state index in [1.807, 2.05) is 25.6 Å². The molecular weight excluding hydrogens is 422 g/mol. The first kappa shape index (κ1) is 22.3. The molecule has 0 bridgehead atoms. The van der Waals surface area contributed by atoms with E-state index in [2.05, 4.69) is 15.5 Å². The van der Waals surface area contributed by atoms with Gasteiger partial charge in [-0.1, -0.05) is 43.1 Å². The summed E-state index contributed by atoms with van der Waals surface area (Å²) in [4.78, 5) is 0.246. The number of anilines is 1. The molecule has 0 saturated heterocycles. The third kappa shape index (κ3) is 4.50. The summed E-state index contributed by atoms with van der Waals surface area (Å²) in [6.07, 6.45) is 1.58. The molecule has 1 N–H and O–H groups in total. The molecular formula is C21H26ClN5O2S. The summed E-state index contributed by atoms with van der Waals surface area (Å²) in [5.41, 5.74) is 1.15. The molecule has 1 aromatic heterocycles. The lowest BCUT2D eigenvalue weighted by Crippen LogP contribution is -2.32. The van der Waals surface area contributed by atoms with E-state index in [0.717, 1.165) is 18.7 Å². The molecule has 0 unspecified atom stereocenters. The van der Waals surface area contributed by atoms with E-state index in [4.69, 9.17) is 11.6 Å². The Morgan fingerprint density at radius 2 is 1.87 bits per heavy atom. The molecule has 160 valence electrons. The standard InChI is InChI=1S/C21H26ClN5O2S/c1-4-5-13-27(30(28,29)17-9-7-6-8-10-17)19-12-11-16(22)14-18(19)21-25-24-20(15-23-2)26(21)3/h6-12,14,23H,4-5,13,15H2,1-3H3. The summed E-state index contributed by atoms with van der Waals surface area (Å²) in [7, 11) is -0.0782. The summed E-state index contributed by atoms with van der Waals surface area (Å²) in [5.74, 6) is 1.30. The normalized spacial score (nSPS) is 11.6. The maximum Gasteiger partial charge on any atom is 0.264 e. The van der Waals surface area contributed by atoms with Crippen LogP contribution in [0, 0.1) is 0 Å². The van der Waals surface area contributed by atoms with Crippen LogP contribution in [0.4, 0.5) is 5.69 Å². The molecule has 0 atom stereocenters. The summed E-state index contributed by atoms with van der Waals surface area (Å²) in [6, 6.07) is 13.6. The van der Waals surface area contributed by atoms with Crippen molar-refractivity contribution in [1.82, 2.24) is 20.1 Å². The van der Waals surface area contributed by atoms with Crippen LogP contribution in [0.25, 0.3) is 11.4 Å². The highest BCUT2D eigenvalue weighted by atomic mass is 35.5. The molecule has 0 spiro atoms. The number of sulfonamides is 1. The summed E-state index contributed by atoms with van der Waals surface area (Å²) in [6.45, 7) is 2.92. The SMILES string of the molecule is CCCCN(c1ccc(Cl)cc1-c1nnc(CNC)n1C)S(=O)(=O)c1ccccc1. The number of halogens is 1. The number of hydrogen-bond donors (Lipinski definition) is 1. The van der Waals surface area contributed by atoms with Crippen molar-refractivity contribution in [3.63, 3.8) is 0 Å². The summed E-state index contributed by atoms with van der Waals surface area (Å²) in [5, 5.41) is 12.1. The Hall–Kier alpha value is -2.42. The average Bonchev–Trinajstić information content (AvgIpc) is 3.10. The molecule has 0 fully saturated rings. The number of nitrogens with zero attached hydrogens (tertiary/aromatic N) is 4. The van der Waals surface area contributed by atoms with Gasteiger partial charge in [-0.3, -0.25) is 4.31 Å². The minimum Gasteiger partial charge on any atom is -0.313 e. The molecule has 9 heteroatoms. The van der Waals surface area contributed by atoms with E-state index in [1.54, 1.807) is 48.5 Å². The lowest BCUT2D eigenvalue weighted by Gasteiger charge is -2.26. The molecule has 0 radical (unpaired) electrons. The van der Waals surface area contributed by atoms with Gasteiger partial charge in [0.1, 0.15) is 5.82 Å². The van der Waals surface area contributed by atoms with Gasteiger partial charge in [0.25, 0.3) is 10.0 Å². The average molecular weight is 448 g/mol. The zero-order chi connectivity index (χ0) is 21.7. The molecule has 0 aliphatic carbocycles. The number of nitrogens with one attached hydrogen (secondary N) is 1. The maximum atomic E-state index is 13.5. The Morgan fingerprint density at radius 1 is 1.13 bits per heavy atom. The van der Waals surface area contributed by atoms with Crippen LogP contribution < -0.4 is 9.62 Å². The van der Waals surface area contributed by atoms with Crippen molar-refractivity contribution in [3.05, 3.63) is 59.4 Å². The molecule has 7 nitrogen and oxygen atoms in total. The lowest BCUT2D eigenvalue weighted by atomic mass is 10.1. The molecule has 1 heterocycles. The van der Waals surface area contributed by atoms with Crippen LogP contribution in [-0.2, 0) is 23.6 Å². The van der Waals surface area contributed by atoms with Gasteiger partial charge in [-0.25, -0.2) is 8.42 Å². The Morgan fingerprint density at radius 3 is 2.53 bits per heavy atom. The number of hydrogen-bond acceptors (Lipinski definition) is 5. The van der Waals surface area contributed by atoms with Crippen LogP contribution in [-0.4, -0.2) is 36.8 Å². The summed E-state index contributed by atoms with van der Waals surface area (Å²) >= 11 is 6.29. The van der Waals surface area contributed by atoms with Crippen LogP contribution in [0.5, 0.6) is 0 Å². The van der Waals surface area contributed by atoms with Gasteiger partial charge in [-0.2, -0.15) is 0 Å². The van der Waals surface area contributed by atoms with Crippen LogP contribution >= 0.6 is 11.6 Å². The Kier molecular flexibility index (Phi) is 7.12. The molecule has 0 amide bonds. The van der Waals surface area contributed by atoms with Gasteiger partial charge in [0.2, 0.25) is 0 Å². The van der Waals surface area contributed by atoms with Crippen molar-refractivity contribution < 1.29 is 8.42 Å². The highest BCUT2D eigenvalue weighted by molar-refractivity contribution is 7.92. The van der Waals surface area contributed by atoms with Crippen molar-refractivity contribution in [3.8, 4) is 11.4 Å². The van der Waals surface area contributed by atoms with Crippen molar-refractivity contribution in [2.75, 3.05) is 17.9 Å². The first-order chi connectivity index (χ1) is 14.4. The second-order valence-electron chi connectivity index (χ2n) is 6.93. The van der Waals surface area contributed by atoms with Crippen molar-refractivity contribution in [1.29, 1.82) is 0 Å². The summed E-state index contributed by atoms with van der Waals surface area (Å²) < 4.78 is 30.4. The first-order valence-corrected chi connectivity index (χ1v) is 11.6. The number of aromatic nitrogens is 3. The third-order valence-electron chi connectivity index (χ3n) is 4.81. The Balaban J connectivity index is 2.18. The predicted octanol–water partition coefficient (Wildman–Crippen LogP) is 3.85. The third-order valence-corrected chi connectivity index (χ3v) is 6.88. The molecule has 3 rings (SSSR count). The molecule has 0 saturated carbocycles. The van der Waals surface area contributed by atoms with Crippen LogP contribution in [0.1, 0.15) is 25.6 Å². The van der Waals surface area contributed by atoms with E-state index in [9.17, 15) is 8.42 Å². The predicted molar refractivity (Wildman–Crippen MR) is 120 cm³/mol. The smallest absolute Gasteiger partial charge is 0.264 e. The molecule has 2 aromatic carbocycles. The van der Waals surface area contributed by atoms with Gasteiger partial charge in [-0.05, 0) is 43.8 Å². The fraction of sp³-hybridized carbons (Fsp3) is 0.333. The van der Waals surface area contributed by atoms with Crippen LogP contribution in [0.15, 0.2) is 53.4 Å². The van der Waals surface area contributed by atoms with Crippen molar-refractivity contribution >= 4 is 27.3 Å². The van der Waals surface area contributed by atoms with Crippen molar-refractivity contribution in [2.24, 2.45) is 7.05 Å². The monoisotopic (exact) mass is 447 g/mol. The largest absolute Gasteiger partial charge is 0.313 e. The van der Waals surface area contributed by atoms with Crippen LogP contribution in [0.2, 0.25) is 5.02 Å². The van der Waals surface area contributed by atoms with Gasteiger partial charge >= 0.3 is 0 Å². The molecule has 30 heavy (non-hydrogen) atoms. The van der Waals surface area contributed by atoms with Gasteiger partial charge in [0.05, 0.1) is 17.1 Å². The Labute approximate surface area is 182 Å². The highest BCUT2D eigenvalue weighted by Gasteiger charge is 2.28. The van der Waals surface area contributed by atoms with Crippen molar-refractivity contribution in [2.45, 2.75) is 31.2 Å². The minimum atomic E-state index is -3.77. The molecule has 0 aliphatic heterocycles. The fourth-order valence-electron chi connectivity index (χ4n) is 3.20. The van der Waals surface area contributed by atoms with E-state index in [1.165, 1.54) is 4.31 Å². The lowest BCUT2D eigenvalue weighted by molar-refractivity contribution is 0.588. The van der Waals surface area contributed by atoms with Crippen LogP contribution in [0.3, 0.4) is 0 Å². The zero-order valence-corrected chi connectivity index (χ0v) is 18.9. The van der Waals surface area contributed by atoms with Gasteiger partial charge in [0, 0.05) is 24.2 Å². The topological polar surface area (TPSA) is 80.1 Å². The number of benzene rings is 2. The van der Waals surface area contributed by atoms with E-state index >= 15 is 0 Å². The highest BCUT2D eigenvalue weighted by Crippen LogP contribution is 2.35. The van der Waals surface area contributed by atoms with Gasteiger partial charge in [-0.15, -0.1) is 10.2 Å². The quantitative estimate of drug-likeness (QED) is 0.538. The van der Waals surface area contributed by atoms with E-state index < -0.39 is 10.0 Å². The minimum absolute atomic E-state index is 0.246. The maximum absolute atomic E-state index is 13.5. The van der Waals surface area contributed by atoms with Gasteiger partial charge < -0.3 is 9.88 Å². The van der Waals surface area contributed by atoms with E-state index in [0.29, 0.717) is 35.2 Å². The second kappa shape index (κ2) is 9.59. The molecule has 3 aromatic rings.